The number of rotatable bonds is 8. The Morgan fingerprint density at radius 3 is 2.63 bits per heavy atom. The topological polar surface area (TPSA) is 88.5 Å². The monoisotopic (exact) mass is 420 g/mol. The molecule has 3 aromatic rings. The lowest BCUT2D eigenvalue weighted by atomic mass is 10.2. The number of benzene rings is 1. The molecule has 154 valence electrons. The Bertz CT molecular complexity index is 1110. The molecule has 0 fully saturated rings. The van der Waals surface area contributed by atoms with Crippen LogP contribution < -0.4 is 5.32 Å². The van der Waals surface area contributed by atoms with Crippen LogP contribution in [0.3, 0.4) is 0 Å². The van der Waals surface area contributed by atoms with Crippen LogP contribution in [-0.2, 0) is 17.9 Å². The number of nitrogens with one attached hydrogen (secondary N) is 1. The Hall–Kier alpha value is -3.31. The van der Waals surface area contributed by atoms with E-state index in [-0.39, 0.29) is 11.7 Å². The second-order valence-electron chi connectivity index (χ2n) is 6.88. The lowest BCUT2D eigenvalue weighted by Gasteiger charge is -2.13. The third-order valence-electron chi connectivity index (χ3n) is 4.93. The fourth-order valence-corrected chi connectivity index (χ4v) is 3.99. The van der Waals surface area contributed by atoms with Crippen molar-refractivity contribution in [3.05, 3.63) is 71.2 Å². The maximum atomic E-state index is 12.7. The average Bonchev–Trinajstić information content (AvgIpc) is 3.20. The number of aryl methyl sites for hydroxylation is 1. The van der Waals surface area contributed by atoms with E-state index < -0.39 is 0 Å². The van der Waals surface area contributed by atoms with Gasteiger partial charge in [-0.2, -0.15) is 5.26 Å². The molecule has 0 aliphatic carbocycles. The number of allylic oxidation sites excluding steroid dienone is 1. The van der Waals surface area contributed by atoms with Gasteiger partial charge in [-0.1, -0.05) is 48.2 Å². The van der Waals surface area contributed by atoms with Crippen LogP contribution in [0.25, 0.3) is 0 Å². The van der Waals surface area contributed by atoms with E-state index in [1.807, 2.05) is 60.2 Å². The molecule has 8 heteroatoms. The molecular weight excluding hydrogens is 396 g/mol. The van der Waals surface area contributed by atoms with Gasteiger partial charge in [-0.3, -0.25) is 4.79 Å². The van der Waals surface area contributed by atoms with Crippen LogP contribution in [0.2, 0.25) is 0 Å². The quantitative estimate of drug-likeness (QED) is 0.442. The third kappa shape index (κ3) is 4.47. The van der Waals surface area contributed by atoms with Gasteiger partial charge in [0.2, 0.25) is 5.91 Å². The highest BCUT2D eigenvalue weighted by molar-refractivity contribution is 7.99. The minimum Gasteiger partial charge on any atom is -0.326 e. The standard InChI is InChI=1S/C22H24N6OS/c1-5-11-27-17(4)25-26-22(27)30-14-20(29)24-21-19(12-23)15(2)16(3)28(21)13-18-9-7-6-8-10-18/h5-10H,1,11,13-14H2,2-4H3,(H,24,29). The van der Waals surface area contributed by atoms with E-state index in [1.54, 1.807) is 6.08 Å². The van der Waals surface area contributed by atoms with Crippen LogP contribution in [0.1, 0.15) is 28.2 Å². The largest absolute Gasteiger partial charge is 0.326 e. The summed E-state index contributed by atoms with van der Waals surface area (Å²) in [6.07, 6.45) is 1.77. The smallest absolute Gasteiger partial charge is 0.235 e. The molecule has 0 spiro atoms. The van der Waals surface area contributed by atoms with E-state index in [4.69, 9.17) is 0 Å². The molecular formula is C22H24N6OS. The molecule has 0 bridgehead atoms. The summed E-state index contributed by atoms with van der Waals surface area (Å²) in [6, 6.07) is 12.2. The van der Waals surface area contributed by atoms with E-state index in [0.717, 1.165) is 22.6 Å². The lowest BCUT2D eigenvalue weighted by Crippen LogP contribution is -2.19. The highest BCUT2D eigenvalue weighted by Crippen LogP contribution is 2.28. The molecule has 0 saturated heterocycles. The predicted octanol–water partition coefficient (Wildman–Crippen LogP) is 3.84. The average molecular weight is 421 g/mol. The van der Waals surface area contributed by atoms with Crippen molar-refractivity contribution in [2.45, 2.75) is 39.0 Å². The Morgan fingerprint density at radius 2 is 1.97 bits per heavy atom. The van der Waals surface area contributed by atoms with Gasteiger partial charge in [0.25, 0.3) is 0 Å². The van der Waals surface area contributed by atoms with Crippen LogP contribution in [0, 0.1) is 32.1 Å². The Kier molecular flexibility index (Phi) is 6.75. The SMILES string of the molecule is C=CCn1c(C)nnc1SCC(=O)Nc1c(C#N)c(C)c(C)n1Cc1ccccc1. The second-order valence-corrected chi connectivity index (χ2v) is 7.83. The number of hydrogen-bond donors (Lipinski definition) is 1. The molecule has 0 radical (unpaired) electrons. The highest BCUT2D eigenvalue weighted by Gasteiger charge is 2.20. The van der Waals surface area contributed by atoms with Crippen molar-refractivity contribution in [2.24, 2.45) is 0 Å². The second kappa shape index (κ2) is 9.46. The zero-order valence-corrected chi connectivity index (χ0v) is 18.2. The van der Waals surface area contributed by atoms with Crippen LogP contribution in [-0.4, -0.2) is 31.0 Å². The molecule has 2 aromatic heterocycles. The van der Waals surface area contributed by atoms with Crippen molar-refractivity contribution in [2.75, 3.05) is 11.1 Å². The maximum absolute atomic E-state index is 12.7. The van der Waals surface area contributed by atoms with Gasteiger partial charge in [-0.25, -0.2) is 0 Å². The first kappa shape index (κ1) is 21.4. The van der Waals surface area contributed by atoms with Gasteiger partial charge in [0.05, 0.1) is 11.3 Å². The number of aromatic nitrogens is 4. The van der Waals surface area contributed by atoms with Gasteiger partial charge in [0, 0.05) is 18.8 Å². The van der Waals surface area contributed by atoms with Gasteiger partial charge in [-0.05, 0) is 31.9 Å². The van der Waals surface area contributed by atoms with Crippen molar-refractivity contribution in [1.82, 2.24) is 19.3 Å². The number of carbonyl (C=O) groups excluding carboxylic acids is 1. The number of anilines is 1. The van der Waals surface area contributed by atoms with Crippen molar-refractivity contribution in [3.63, 3.8) is 0 Å². The Morgan fingerprint density at radius 1 is 1.23 bits per heavy atom. The van der Waals surface area contributed by atoms with Crippen LogP contribution >= 0.6 is 11.8 Å². The predicted molar refractivity (Wildman–Crippen MR) is 118 cm³/mol. The summed E-state index contributed by atoms with van der Waals surface area (Å²) in [7, 11) is 0. The number of nitrogens with zero attached hydrogens (tertiary/aromatic N) is 5. The molecule has 1 aromatic carbocycles. The zero-order valence-electron chi connectivity index (χ0n) is 17.3. The number of hydrogen-bond acceptors (Lipinski definition) is 5. The molecule has 1 amide bonds. The van der Waals surface area contributed by atoms with E-state index in [9.17, 15) is 10.1 Å². The van der Waals surface area contributed by atoms with Crippen molar-refractivity contribution in [3.8, 4) is 6.07 Å². The number of amides is 1. The summed E-state index contributed by atoms with van der Waals surface area (Å²) in [5.74, 6) is 1.27. The first-order chi connectivity index (χ1) is 14.5. The van der Waals surface area contributed by atoms with E-state index in [0.29, 0.717) is 29.6 Å². The molecule has 2 heterocycles. The lowest BCUT2D eigenvalue weighted by molar-refractivity contribution is -0.113. The summed E-state index contributed by atoms with van der Waals surface area (Å²) in [6.45, 7) is 10.6. The van der Waals surface area contributed by atoms with Crippen molar-refractivity contribution >= 4 is 23.5 Å². The zero-order chi connectivity index (χ0) is 21.7. The van der Waals surface area contributed by atoms with Crippen molar-refractivity contribution in [1.29, 1.82) is 5.26 Å². The molecule has 0 unspecified atom stereocenters. The van der Waals surface area contributed by atoms with E-state index in [2.05, 4.69) is 28.2 Å². The first-order valence-corrected chi connectivity index (χ1v) is 10.5. The van der Waals surface area contributed by atoms with Crippen molar-refractivity contribution < 1.29 is 4.79 Å². The van der Waals surface area contributed by atoms with Gasteiger partial charge in [-0.15, -0.1) is 16.8 Å². The Labute approximate surface area is 180 Å². The van der Waals surface area contributed by atoms with Gasteiger partial charge < -0.3 is 14.5 Å². The molecule has 30 heavy (non-hydrogen) atoms. The highest BCUT2D eigenvalue weighted by atomic mass is 32.2. The van der Waals surface area contributed by atoms with E-state index >= 15 is 0 Å². The summed E-state index contributed by atoms with van der Waals surface area (Å²) in [5, 5.41) is 21.5. The minimum atomic E-state index is -0.200. The van der Waals surface area contributed by atoms with Gasteiger partial charge in [0.1, 0.15) is 17.7 Å². The molecule has 0 saturated carbocycles. The summed E-state index contributed by atoms with van der Waals surface area (Å²) in [5.41, 5.74) is 3.42. The van der Waals surface area contributed by atoms with Crippen LogP contribution in [0.4, 0.5) is 5.82 Å². The van der Waals surface area contributed by atoms with E-state index in [1.165, 1.54) is 11.8 Å². The number of carbonyl (C=O) groups is 1. The Balaban J connectivity index is 1.80. The van der Waals surface area contributed by atoms with Gasteiger partial charge >= 0.3 is 0 Å². The molecule has 3 rings (SSSR count). The molecule has 0 aliphatic rings. The fourth-order valence-electron chi connectivity index (χ4n) is 3.20. The van der Waals surface area contributed by atoms with Crippen LogP contribution in [0.15, 0.2) is 48.1 Å². The van der Waals surface area contributed by atoms with Gasteiger partial charge in [0.15, 0.2) is 5.16 Å². The van der Waals surface area contributed by atoms with Crippen LogP contribution in [0.5, 0.6) is 0 Å². The number of nitriles is 1. The minimum absolute atomic E-state index is 0.161. The summed E-state index contributed by atoms with van der Waals surface area (Å²) in [4.78, 5) is 12.7. The summed E-state index contributed by atoms with van der Waals surface area (Å²) < 4.78 is 3.88. The molecule has 0 aliphatic heterocycles. The summed E-state index contributed by atoms with van der Waals surface area (Å²) >= 11 is 1.31. The number of thioether (sulfide) groups is 1. The third-order valence-corrected chi connectivity index (χ3v) is 5.90. The fraction of sp³-hybridized carbons (Fsp3) is 0.273. The maximum Gasteiger partial charge on any atom is 0.235 e. The molecule has 1 N–H and O–H groups in total. The normalized spacial score (nSPS) is 10.6. The molecule has 7 nitrogen and oxygen atoms in total. The molecule has 0 atom stereocenters. The first-order valence-electron chi connectivity index (χ1n) is 9.53.